The Morgan fingerprint density at radius 3 is 2.44 bits per heavy atom. The summed E-state index contributed by atoms with van der Waals surface area (Å²) >= 11 is 0. The molecule has 34 heavy (non-hydrogen) atoms. The van der Waals surface area contributed by atoms with E-state index in [0.29, 0.717) is 6.54 Å². The number of rotatable bonds is 4. The van der Waals surface area contributed by atoms with Gasteiger partial charge in [-0.25, -0.2) is 9.52 Å². The second-order valence-corrected chi connectivity index (χ2v) is 11.0. The average Bonchev–Trinajstić information content (AvgIpc) is 3.53. The highest BCUT2D eigenvalue weighted by Crippen LogP contribution is 2.38. The normalized spacial score (nSPS) is 20.2. The first kappa shape index (κ1) is 23.0. The van der Waals surface area contributed by atoms with Crippen LogP contribution in [-0.4, -0.2) is 49.3 Å². The Labute approximate surface area is 197 Å². The highest BCUT2D eigenvalue weighted by molar-refractivity contribution is 7.90. The maximum absolute atomic E-state index is 13.1. The molecule has 11 heteroatoms. The Morgan fingerprint density at radius 1 is 1.12 bits per heavy atom. The minimum absolute atomic E-state index is 0.0130. The van der Waals surface area contributed by atoms with Crippen molar-refractivity contribution in [2.75, 3.05) is 25.5 Å². The highest BCUT2D eigenvalue weighted by atomic mass is 32.2. The molecule has 2 N–H and O–H groups in total. The molecule has 0 saturated carbocycles. The summed E-state index contributed by atoms with van der Waals surface area (Å²) < 4.78 is 55.4. The number of aryl methyl sites for hydroxylation is 2. The largest absolute Gasteiger partial charge is 0.333 e. The van der Waals surface area contributed by atoms with Crippen LogP contribution in [0.3, 0.4) is 0 Å². The van der Waals surface area contributed by atoms with Gasteiger partial charge in [-0.2, -0.15) is 22.3 Å². The molecule has 0 radical (unpaired) electrons. The number of hydrogen-bond donors (Lipinski definition) is 2. The molecule has 182 valence electrons. The number of sulfonamides is 1. The number of fused-ring (bicyclic) bond motifs is 2. The summed E-state index contributed by atoms with van der Waals surface area (Å²) in [5.74, 6) is 0. The number of nitrogens with zero attached hydrogens (tertiary/aromatic N) is 3. The van der Waals surface area contributed by atoms with Crippen LogP contribution in [0.1, 0.15) is 47.6 Å². The van der Waals surface area contributed by atoms with Gasteiger partial charge in [0.2, 0.25) is 0 Å². The molecular weight excluding hydrogens is 464 g/mol. The van der Waals surface area contributed by atoms with E-state index in [-0.39, 0.29) is 23.6 Å². The summed E-state index contributed by atoms with van der Waals surface area (Å²) in [5.41, 5.74) is 5.42. The molecule has 2 heterocycles. The summed E-state index contributed by atoms with van der Waals surface area (Å²) in [6.07, 6.45) is 5.51. The van der Waals surface area contributed by atoms with Crippen molar-refractivity contribution in [1.29, 1.82) is 0 Å². The Balaban J connectivity index is 1.32. The lowest BCUT2D eigenvalue weighted by Crippen LogP contribution is -2.36. The number of anilines is 1. The summed E-state index contributed by atoms with van der Waals surface area (Å²) in [6, 6.07) is 2.25. The van der Waals surface area contributed by atoms with E-state index in [4.69, 9.17) is 0 Å². The SMILES string of the molecule is CN1CC(=C(F)F)CC(n2ccc(S(=O)(=O)NC(=O)Nc3c4c(cc5c3CCC5)CCC4)n2)C1. The second kappa shape index (κ2) is 8.77. The van der Waals surface area contributed by atoms with Crippen LogP contribution >= 0.6 is 0 Å². The van der Waals surface area contributed by atoms with E-state index in [2.05, 4.69) is 21.2 Å². The molecule has 1 aliphatic heterocycles. The van der Waals surface area contributed by atoms with Crippen LogP contribution in [-0.2, 0) is 35.7 Å². The summed E-state index contributed by atoms with van der Waals surface area (Å²) in [6.45, 7) is 0.621. The van der Waals surface area contributed by atoms with Gasteiger partial charge in [0.1, 0.15) is 0 Å². The molecule has 1 saturated heterocycles. The van der Waals surface area contributed by atoms with Gasteiger partial charge in [-0.05, 0) is 80.3 Å². The molecule has 0 spiro atoms. The number of hydrogen-bond acceptors (Lipinski definition) is 5. The number of carbonyl (C=O) groups is 1. The van der Waals surface area contributed by atoms with Crippen LogP contribution in [0.15, 0.2) is 35.0 Å². The van der Waals surface area contributed by atoms with Crippen LogP contribution in [0.2, 0.25) is 0 Å². The monoisotopic (exact) mass is 491 g/mol. The molecule has 1 aromatic heterocycles. The number of likely N-dealkylation sites (N-methyl/N-ethyl adjacent to an activating group) is 1. The van der Waals surface area contributed by atoms with E-state index >= 15 is 0 Å². The van der Waals surface area contributed by atoms with Crippen molar-refractivity contribution in [3.05, 3.63) is 52.2 Å². The third kappa shape index (κ3) is 4.34. The van der Waals surface area contributed by atoms with Gasteiger partial charge in [0.05, 0.1) is 6.04 Å². The summed E-state index contributed by atoms with van der Waals surface area (Å²) in [7, 11) is -2.52. The van der Waals surface area contributed by atoms with Gasteiger partial charge < -0.3 is 10.2 Å². The molecule has 1 atom stereocenters. The van der Waals surface area contributed by atoms with Gasteiger partial charge in [0.15, 0.2) is 5.03 Å². The summed E-state index contributed by atoms with van der Waals surface area (Å²) in [4.78, 5) is 14.5. The first-order chi connectivity index (χ1) is 16.2. The van der Waals surface area contributed by atoms with E-state index in [0.717, 1.165) is 55.3 Å². The van der Waals surface area contributed by atoms with Crippen LogP contribution in [0.5, 0.6) is 0 Å². The van der Waals surface area contributed by atoms with Gasteiger partial charge >= 0.3 is 6.03 Å². The first-order valence-corrected chi connectivity index (χ1v) is 13.0. The topological polar surface area (TPSA) is 96.3 Å². The molecular formula is C23H27F2N5O3S. The number of benzene rings is 1. The fourth-order valence-electron chi connectivity index (χ4n) is 5.43. The first-order valence-electron chi connectivity index (χ1n) is 11.5. The molecule has 1 fully saturated rings. The van der Waals surface area contributed by atoms with Crippen LogP contribution < -0.4 is 10.0 Å². The van der Waals surface area contributed by atoms with Crippen molar-refractivity contribution < 1.29 is 22.0 Å². The van der Waals surface area contributed by atoms with Crippen molar-refractivity contribution in [2.24, 2.45) is 0 Å². The van der Waals surface area contributed by atoms with Gasteiger partial charge in [0, 0.05) is 30.5 Å². The lowest BCUT2D eigenvalue weighted by Gasteiger charge is -2.31. The minimum Gasteiger partial charge on any atom is -0.307 e. The molecule has 2 aromatic rings. The Bertz CT molecular complexity index is 1250. The Kier molecular flexibility index (Phi) is 5.93. The van der Waals surface area contributed by atoms with Crippen LogP contribution in [0, 0.1) is 0 Å². The van der Waals surface area contributed by atoms with E-state index < -0.39 is 28.2 Å². The highest BCUT2D eigenvalue weighted by Gasteiger charge is 2.29. The van der Waals surface area contributed by atoms with E-state index in [1.165, 1.54) is 28.1 Å². The minimum atomic E-state index is -4.24. The average molecular weight is 492 g/mol. The lowest BCUT2D eigenvalue weighted by molar-refractivity contribution is 0.229. The second-order valence-electron chi connectivity index (χ2n) is 9.35. The van der Waals surface area contributed by atoms with Crippen molar-refractivity contribution >= 4 is 21.7 Å². The molecule has 1 aromatic carbocycles. The van der Waals surface area contributed by atoms with E-state index in [1.807, 2.05) is 0 Å². The Morgan fingerprint density at radius 2 is 1.79 bits per heavy atom. The van der Waals surface area contributed by atoms with E-state index in [1.54, 1.807) is 11.9 Å². The molecule has 3 aliphatic rings. The van der Waals surface area contributed by atoms with Gasteiger partial charge in [-0.3, -0.25) is 4.68 Å². The Hall–Kier alpha value is -2.79. The lowest BCUT2D eigenvalue weighted by atomic mass is 9.99. The van der Waals surface area contributed by atoms with Gasteiger partial charge in [-0.1, -0.05) is 6.07 Å². The third-order valence-corrected chi connectivity index (χ3v) is 8.13. The fraction of sp³-hybridized carbons (Fsp3) is 0.478. The van der Waals surface area contributed by atoms with Crippen molar-refractivity contribution in [3.8, 4) is 0 Å². The number of nitrogens with one attached hydrogen (secondary N) is 2. The van der Waals surface area contributed by atoms with Crippen LogP contribution in [0.25, 0.3) is 0 Å². The number of urea groups is 1. The molecule has 2 aliphatic carbocycles. The van der Waals surface area contributed by atoms with Crippen molar-refractivity contribution in [3.63, 3.8) is 0 Å². The van der Waals surface area contributed by atoms with Gasteiger partial charge in [-0.15, -0.1) is 0 Å². The number of amides is 2. The fourth-order valence-corrected chi connectivity index (χ4v) is 6.27. The molecule has 0 bridgehead atoms. The standard InChI is InChI=1S/C23H27F2N5O3S/c1-29-12-16(22(24)25)11-17(13-29)30-9-8-20(27-30)34(32,33)28-23(31)26-21-18-6-2-4-14(18)10-15-5-3-7-19(15)21/h8-10,17H,2-7,11-13H2,1H3,(H2,26,28,31). The zero-order chi connectivity index (χ0) is 24.0. The molecule has 1 unspecified atom stereocenters. The number of halogens is 2. The molecule has 8 nitrogen and oxygen atoms in total. The number of piperidine rings is 1. The number of aromatic nitrogens is 2. The predicted octanol–water partition coefficient (Wildman–Crippen LogP) is 3.40. The zero-order valence-corrected chi connectivity index (χ0v) is 19.7. The summed E-state index contributed by atoms with van der Waals surface area (Å²) in [5, 5.41) is 6.58. The number of likely N-dealkylation sites (tertiary alicyclic amines) is 1. The molecule has 2 amide bonds. The van der Waals surface area contributed by atoms with E-state index in [9.17, 15) is 22.0 Å². The number of carbonyl (C=O) groups excluding carboxylic acids is 1. The maximum atomic E-state index is 13.1. The third-order valence-electron chi connectivity index (χ3n) is 6.90. The maximum Gasteiger partial charge on any atom is 0.333 e. The van der Waals surface area contributed by atoms with Crippen LogP contribution in [0.4, 0.5) is 19.3 Å². The zero-order valence-electron chi connectivity index (χ0n) is 18.9. The molecule has 5 rings (SSSR count). The van der Waals surface area contributed by atoms with Gasteiger partial charge in [0.25, 0.3) is 16.1 Å². The predicted molar refractivity (Wildman–Crippen MR) is 122 cm³/mol. The smallest absolute Gasteiger partial charge is 0.307 e. The van der Waals surface area contributed by atoms with Crippen molar-refractivity contribution in [1.82, 2.24) is 19.4 Å². The van der Waals surface area contributed by atoms with Crippen molar-refractivity contribution in [2.45, 2.75) is 56.0 Å². The quantitative estimate of drug-likeness (QED) is 0.684.